The van der Waals surface area contributed by atoms with E-state index in [1.807, 2.05) is 0 Å². The average molecular weight is 491 g/mol. The highest BCUT2D eigenvalue weighted by atomic mass is 35.6. The molecule has 0 radical (unpaired) electrons. The number of carbonyl (C=O) groups is 1. The smallest absolute Gasteiger partial charge is 0.272 e. The minimum atomic E-state index is -2.07. The fraction of sp³-hybridized carbons (Fsp3) is 0.955. The molecule has 0 heterocycles. The number of aliphatic hydroxyl groups excluding tert-OH is 1. The van der Waals surface area contributed by atoms with Gasteiger partial charge >= 0.3 is 0 Å². The molecule has 0 rings (SSSR count). The van der Waals surface area contributed by atoms with Crippen molar-refractivity contribution < 1.29 is 19.4 Å². The van der Waals surface area contributed by atoms with E-state index in [0.29, 0.717) is 6.42 Å². The molecule has 180 valence electrons. The number of alkyl halides is 3. The lowest BCUT2D eigenvalue weighted by molar-refractivity contribution is -0.126. The standard InChI is InChI=1S/C22H42Cl3NO4/c1-3-4-5-6-7-8-9-10-11-12-13-14-15-16-20(30-18-29-2)19(17-27)26-21(28)22(23,24)25/h19-20,27H,3-18H2,1-2H3,(H,26,28). The fourth-order valence-corrected chi connectivity index (χ4v) is 3.59. The predicted molar refractivity (Wildman–Crippen MR) is 126 cm³/mol. The lowest BCUT2D eigenvalue weighted by Gasteiger charge is -2.27. The zero-order valence-electron chi connectivity index (χ0n) is 18.8. The number of methoxy groups -OCH3 is 1. The lowest BCUT2D eigenvalue weighted by Crippen LogP contribution is -2.50. The zero-order valence-corrected chi connectivity index (χ0v) is 21.0. The Morgan fingerprint density at radius 1 is 0.900 bits per heavy atom. The first-order valence-electron chi connectivity index (χ1n) is 11.5. The van der Waals surface area contributed by atoms with Gasteiger partial charge in [-0.2, -0.15) is 0 Å². The van der Waals surface area contributed by atoms with Gasteiger partial charge in [0.05, 0.1) is 18.8 Å². The van der Waals surface area contributed by atoms with Crippen molar-refractivity contribution >= 4 is 40.7 Å². The number of rotatable bonds is 20. The normalized spacial score (nSPS) is 13.9. The maximum atomic E-state index is 11.9. The molecule has 0 spiro atoms. The Morgan fingerprint density at radius 3 is 1.77 bits per heavy atom. The number of carbonyl (C=O) groups excluding carboxylic acids is 1. The second kappa shape index (κ2) is 19.9. The molecule has 30 heavy (non-hydrogen) atoms. The quantitative estimate of drug-likeness (QED) is 0.119. The van der Waals surface area contributed by atoms with Gasteiger partial charge in [-0.15, -0.1) is 0 Å². The van der Waals surface area contributed by atoms with Crippen molar-refractivity contribution in [3.63, 3.8) is 0 Å². The van der Waals surface area contributed by atoms with Crippen molar-refractivity contribution in [1.82, 2.24) is 5.32 Å². The average Bonchev–Trinajstić information content (AvgIpc) is 2.71. The van der Waals surface area contributed by atoms with Crippen molar-refractivity contribution in [2.45, 2.75) is 113 Å². The Hall–Kier alpha value is 0.220. The number of amides is 1. The Morgan fingerprint density at radius 2 is 1.37 bits per heavy atom. The van der Waals surface area contributed by atoms with E-state index in [0.717, 1.165) is 12.8 Å². The van der Waals surface area contributed by atoms with Crippen LogP contribution in [0.4, 0.5) is 0 Å². The molecule has 0 aliphatic heterocycles. The SMILES string of the molecule is CCCCCCCCCCCCCCCC(OCOC)C(CO)NC(=O)C(Cl)(Cl)Cl. The molecule has 0 bridgehead atoms. The summed E-state index contributed by atoms with van der Waals surface area (Å²) < 4.78 is 8.53. The molecular formula is C22H42Cl3NO4. The van der Waals surface area contributed by atoms with Crippen molar-refractivity contribution in [3.8, 4) is 0 Å². The molecule has 0 aromatic rings. The van der Waals surface area contributed by atoms with Crippen LogP contribution in [0.15, 0.2) is 0 Å². The molecular weight excluding hydrogens is 449 g/mol. The molecule has 0 aliphatic carbocycles. The Labute approximate surface area is 198 Å². The van der Waals surface area contributed by atoms with Crippen LogP contribution in [0.3, 0.4) is 0 Å². The molecule has 2 unspecified atom stereocenters. The van der Waals surface area contributed by atoms with Crippen LogP contribution in [0, 0.1) is 0 Å². The fourth-order valence-electron chi connectivity index (χ4n) is 3.43. The molecule has 1 amide bonds. The van der Waals surface area contributed by atoms with E-state index >= 15 is 0 Å². The van der Waals surface area contributed by atoms with Crippen molar-refractivity contribution in [2.75, 3.05) is 20.5 Å². The first kappa shape index (κ1) is 30.2. The highest BCUT2D eigenvalue weighted by Gasteiger charge is 2.34. The van der Waals surface area contributed by atoms with Gasteiger partial charge in [-0.25, -0.2) is 0 Å². The Kier molecular flexibility index (Phi) is 20.0. The number of nitrogens with one attached hydrogen (secondary N) is 1. The van der Waals surface area contributed by atoms with Gasteiger partial charge < -0.3 is 19.9 Å². The summed E-state index contributed by atoms with van der Waals surface area (Å²) in [5.41, 5.74) is 0. The molecule has 0 aliphatic rings. The minimum absolute atomic E-state index is 0.0727. The molecule has 2 N–H and O–H groups in total. The summed E-state index contributed by atoms with van der Waals surface area (Å²) >= 11 is 16.8. The summed E-state index contributed by atoms with van der Waals surface area (Å²) in [4.78, 5) is 11.9. The number of aliphatic hydroxyl groups is 1. The topological polar surface area (TPSA) is 67.8 Å². The van der Waals surface area contributed by atoms with Crippen LogP contribution >= 0.6 is 34.8 Å². The largest absolute Gasteiger partial charge is 0.394 e. The summed E-state index contributed by atoms with van der Waals surface area (Å²) in [6.07, 6.45) is 16.9. The van der Waals surface area contributed by atoms with Gasteiger partial charge in [-0.1, -0.05) is 125 Å². The summed E-state index contributed by atoms with van der Waals surface area (Å²) in [5.74, 6) is -0.775. The number of halogens is 3. The summed E-state index contributed by atoms with van der Waals surface area (Å²) in [6, 6.07) is -0.652. The Balaban J connectivity index is 3.97. The summed E-state index contributed by atoms with van der Waals surface area (Å²) in [5, 5.41) is 12.2. The second-order valence-corrected chi connectivity index (χ2v) is 10.2. The number of ether oxygens (including phenoxy) is 2. The maximum Gasteiger partial charge on any atom is 0.272 e. The third-order valence-corrected chi connectivity index (χ3v) is 5.73. The lowest BCUT2D eigenvalue weighted by atomic mass is 10.0. The van der Waals surface area contributed by atoms with Crippen LogP contribution in [0.5, 0.6) is 0 Å². The number of hydrogen-bond donors (Lipinski definition) is 2. The third-order valence-electron chi connectivity index (χ3n) is 5.21. The van der Waals surface area contributed by atoms with Gasteiger partial charge in [0, 0.05) is 7.11 Å². The molecule has 8 heteroatoms. The highest BCUT2D eigenvalue weighted by molar-refractivity contribution is 6.76. The van der Waals surface area contributed by atoms with E-state index in [1.165, 1.54) is 77.7 Å². The zero-order chi connectivity index (χ0) is 22.7. The van der Waals surface area contributed by atoms with E-state index in [-0.39, 0.29) is 13.4 Å². The highest BCUT2D eigenvalue weighted by Crippen LogP contribution is 2.26. The van der Waals surface area contributed by atoms with Crippen molar-refractivity contribution in [2.24, 2.45) is 0 Å². The van der Waals surface area contributed by atoms with Crippen LogP contribution in [0.1, 0.15) is 96.8 Å². The second-order valence-electron chi connectivity index (χ2n) is 7.90. The minimum Gasteiger partial charge on any atom is -0.394 e. The van der Waals surface area contributed by atoms with E-state index < -0.39 is 21.8 Å². The summed E-state index contributed by atoms with van der Waals surface area (Å²) in [6.45, 7) is 2.02. The Bertz CT molecular complexity index is 408. The van der Waals surface area contributed by atoms with E-state index in [1.54, 1.807) is 0 Å². The predicted octanol–water partition coefficient (Wildman–Crippen LogP) is 6.30. The molecule has 5 nitrogen and oxygen atoms in total. The summed E-state index contributed by atoms with van der Waals surface area (Å²) in [7, 11) is 1.52. The van der Waals surface area contributed by atoms with Crippen molar-refractivity contribution in [3.05, 3.63) is 0 Å². The van der Waals surface area contributed by atoms with Crippen molar-refractivity contribution in [1.29, 1.82) is 0 Å². The monoisotopic (exact) mass is 489 g/mol. The maximum absolute atomic E-state index is 11.9. The third kappa shape index (κ3) is 16.9. The molecule has 0 aromatic carbocycles. The van der Waals surface area contributed by atoms with Crippen LogP contribution in [-0.4, -0.2) is 47.5 Å². The molecule has 0 saturated heterocycles. The van der Waals surface area contributed by atoms with Gasteiger partial charge in [0.15, 0.2) is 0 Å². The number of hydrogen-bond acceptors (Lipinski definition) is 4. The van der Waals surface area contributed by atoms with Crippen LogP contribution in [0.25, 0.3) is 0 Å². The van der Waals surface area contributed by atoms with Crippen LogP contribution in [0.2, 0.25) is 0 Å². The van der Waals surface area contributed by atoms with Gasteiger partial charge in [0.25, 0.3) is 9.70 Å². The van der Waals surface area contributed by atoms with Gasteiger partial charge in [0.1, 0.15) is 6.79 Å². The molecule has 0 saturated carbocycles. The van der Waals surface area contributed by atoms with Gasteiger partial charge in [-0.3, -0.25) is 4.79 Å². The first-order chi connectivity index (χ1) is 14.4. The van der Waals surface area contributed by atoms with E-state index in [2.05, 4.69) is 12.2 Å². The van der Waals surface area contributed by atoms with Crippen LogP contribution in [-0.2, 0) is 14.3 Å². The molecule has 0 fully saturated rings. The van der Waals surface area contributed by atoms with Gasteiger partial charge in [-0.05, 0) is 6.42 Å². The van der Waals surface area contributed by atoms with E-state index in [9.17, 15) is 9.90 Å². The van der Waals surface area contributed by atoms with Crippen LogP contribution < -0.4 is 5.32 Å². The molecule has 0 aromatic heterocycles. The first-order valence-corrected chi connectivity index (χ1v) is 12.6. The van der Waals surface area contributed by atoms with Gasteiger partial charge in [0.2, 0.25) is 0 Å². The molecule has 2 atom stereocenters. The van der Waals surface area contributed by atoms with E-state index in [4.69, 9.17) is 44.3 Å². The number of unbranched alkanes of at least 4 members (excludes halogenated alkanes) is 12.